The van der Waals surface area contributed by atoms with Crippen LogP contribution in [0, 0.1) is 12.8 Å². The Kier molecular flexibility index (Phi) is 5.21. The largest absolute Gasteiger partial charge is 0.508 e. The first kappa shape index (κ1) is 14.3. The predicted molar refractivity (Wildman–Crippen MR) is 75.0 cm³/mol. The van der Waals surface area contributed by atoms with Gasteiger partial charge in [0.1, 0.15) is 5.75 Å². The van der Waals surface area contributed by atoms with E-state index in [1.165, 1.54) is 5.56 Å². The molecule has 17 heavy (non-hydrogen) atoms. The molecule has 1 aromatic rings. The number of benzene rings is 1. The third-order valence-electron chi connectivity index (χ3n) is 2.71. The van der Waals surface area contributed by atoms with Gasteiger partial charge >= 0.3 is 0 Å². The fraction of sp³-hybridized carbons (Fsp3) is 0.571. The summed E-state index contributed by atoms with van der Waals surface area (Å²) in [4.78, 5) is 0. The average molecular weight is 252 g/mol. The first-order chi connectivity index (χ1) is 7.90. The lowest BCUT2D eigenvalue weighted by Crippen LogP contribution is -2.16. The van der Waals surface area contributed by atoms with Gasteiger partial charge in [0.25, 0.3) is 0 Å². The van der Waals surface area contributed by atoms with Crippen LogP contribution in [0.2, 0.25) is 13.1 Å². The van der Waals surface area contributed by atoms with Gasteiger partial charge in [0.05, 0.1) is 6.10 Å². The van der Waals surface area contributed by atoms with Crippen molar-refractivity contribution in [3.63, 3.8) is 0 Å². The summed E-state index contributed by atoms with van der Waals surface area (Å²) < 4.78 is 6.10. The maximum atomic E-state index is 9.56. The summed E-state index contributed by atoms with van der Waals surface area (Å²) in [5.74, 6) is 0.973. The van der Waals surface area contributed by atoms with E-state index < -0.39 is 9.04 Å². The Morgan fingerprint density at radius 1 is 1.29 bits per heavy atom. The Labute approximate surface area is 106 Å². The normalized spacial score (nSPS) is 13.4. The van der Waals surface area contributed by atoms with Crippen molar-refractivity contribution in [2.24, 2.45) is 5.92 Å². The molecule has 1 N–H and O–H groups in total. The molecule has 96 valence electrons. The van der Waals surface area contributed by atoms with Gasteiger partial charge in [-0.25, -0.2) is 0 Å². The van der Waals surface area contributed by atoms with E-state index in [2.05, 4.69) is 26.9 Å². The molecular weight excluding hydrogens is 228 g/mol. The molecule has 0 spiro atoms. The third kappa shape index (κ3) is 4.52. The molecule has 1 unspecified atom stereocenters. The van der Waals surface area contributed by atoms with Gasteiger partial charge in [-0.05, 0) is 55.6 Å². The van der Waals surface area contributed by atoms with E-state index in [1.54, 1.807) is 6.07 Å². The molecule has 2 nitrogen and oxygen atoms in total. The van der Waals surface area contributed by atoms with Gasteiger partial charge in [0.15, 0.2) is 9.04 Å². The second-order valence-corrected chi connectivity index (χ2v) is 7.72. The second-order valence-electron chi connectivity index (χ2n) is 5.35. The van der Waals surface area contributed by atoms with Crippen LogP contribution in [0.5, 0.6) is 5.75 Å². The molecule has 0 saturated carbocycles. The van der Waals surface area contributed by atoms with Crippen molar-refractivity contribution < 1.29 is 9.53 Å². The fourth-order valence-corrected chi connectivity index (χ4v) is 2.83. The summed E-state index contributed by atoms with van der Waals surface area (Å²) in [7, 11) is -1.05. The Bertz CT molecular complexity index is 351. The highest BCUT2D eigenvalue weighted by Crippen LogP contribution is 2.29. The van der Waals surface area contributed by atoms with Crippen LogP contribution in [0.3, 0.4) is 0 Å². The summed E-state index contributed by atoms with van der Waals surface area (Å²) in [6, 6.07) is 5.79. The molecule has 0 aliphatic carbocycles. The molecule has 0 fully saturated rings. The van der Waals surface area contributed by atoms with Crippen LogP contribution in [0.4, 0.5) is 0 Å². The van der Waals surface area contributed by atoms with Crippen molar-refractivity contribution in [3.8, 4) is 5.75 Å². The minimum atomic E-state index is -1.05. The van der Waals surface area contributed by atoms with Crippen molar-refractivity contribution in [2.75, 3.05) is 0 Å². The summed E-state index contributed by atoms with van der Waals surface area (Å²) >= 11 is 0. The summed E-state index contributed by atoms with van der Waals surface area (Å²) in [6.45, 7) is 10.7. The molecular formula is C14H24O2Si. The third-order valence-corrected chi connectivity index (χ3v) is 3.59. The number of rotatable bonds is 5. The Morgan fingerprint density at radius 2 is 1.94 bits per heavy atom. The van der Waals surface area contributed by atoms with Crippen LogP contribution in [0.15, 0.2) is 18.2 Å². The standard InChI is InChI=1S/C14H24O2Si/c1-10(2)8-14(16-17(4)5)12-6-7-13(15)11(3)9-12/h6-7,9-10,14-15,17H,8H2,1-5H3. The zero-order chi connectivity index (χ0) is 13.0. The molecule has 0 bridgehead atoms. The average Bonchev–Trinajstić information content (AvgIpc) is 2.19. The summed E-state index contributed by atoms with van der Waals surface area (Å²) in [5, 5.41) is 9.56. The van der Waals surface area contributed by atoms with E-state index in [-0.39, 0.29) is 6.10 Å². The lowest BCUT2D eigenvalue weighted by atomic mass is 9.98. The molecule has 3 heteroatoms. The van der Waals surface area contributed by atoms with Gasteiger partial charge in [-0.1, -0.05) is 19.9 Å². The lowest BCUT2D eigenvalue weighted by Gasteiger charge is -2.23. The minimum absolute atomic E-state index is 0.181. The Morgan fingerprint density at radius 3 is 2.41 bits per heavy atom. The first-order valence-electron chi connectivity index (χ1n) is 6.35. The van der Waals surface area contributed by atoms with E-state index in [9.17, 15) is 5.11 Å². The van der Waals surface area contributed by atoms with Gasteiger partial charge < -0.3 is 9.53 Å². The maximum Gasteiger partial charge on any atom is 0.171 e. The molecule has 0 aliphatic heterocycles. The van der Waals surface area contributed by atoms with Gasteiger partial charge in [-0.2, -0.15) is 0 Å². The van der Waals surface area contributed by atoms with Crippen LogP contribution in [-0.2, 0) is 4.43 Å². The molecule has 1 atom stereocenters. The van der Waals surface area contributed by atoms with E-state index in [1.807, 2.05) is 19.1 Å². The predicted octanol–water partition coefficient (Wildman–Crippen LogP) is 3.79. The topological polar surface area (TPSA) is 29.5 Å². The van der Waals surface area contributed by atoms with E-state index in [0.717, 1.165) is 12.0 Å². The van der Waals surface area contributed by atoms with Crippen LogP contribution < -0.4 is 0 Å². The van der Waals surface area contributed by atoms with Crippen molar-refractivity contribution in [3.05, 3.63) is 29.3 Å². The molecule has 0 heterocycles. The van der Waals surface area contributed by atoms with Gasteiger partial charge in [-0.3, -0.25) is 0 Å². The van der Waals surface area contributed by atoms with Crippen LogP contribution in [-0.4, -0.2) is 14.1 Å². The first-order valence-corrected chi connectivity index (χ1v) is 9.13. The zero-order valence-corrected chi connectivity index (χ0v) is 12.7. The number of phenolic OH excluding ortho intramolecular Hbond substituents is 1. The maximum absolute atomic E-state index is 9.56. The van der Waals surface area contributed by atoms with Crippen molar-refractivity contribution in [2.45, 2.75) is 46.4 Å². The van der Waals surface area contributed by atoms with Crippen molar-refractivity contribution >= 4 is 9.04 Å². The Hall–Kier alpha value is -0.803. The highest BCUT2D eigenvalue weighted by molar-refractivity contribution is 6.48. The summed E-state index contributed by atoms with van der Waals surface area (Å²) in [6.07, 6.45) is 1.22. The van der Waals surface area contributed by atoms with E-state index in [4.69, 9.17) is 4.43 Å². The molecule has 0 amide bonds. The summed E-state index contributed by atoms with van der Waals surface area (Å²) in [5.41, 5.74) is 2.11. The minimum Gasteiger partial charge on any atom is -0.508 e. The Balaban J connectivity index is 2.91. The lowest BCUT2D eigenvalue weighted by molar-refractivity contribution is 0.179. The molecule has 0 aromatic heterocycles. The number of aryl methyl sites for hydroxylation is 1. The molecule has 0 radical (unpaired) electrons. The molecule has 1 aromatic carbocycles. The SMILES string of the molecule is Cc1cc(C(CC(C)C)O[SiH](C)C)ccc1O. The quantitative estimate of drug-likeness (QED) is 0.808. The zero-order valence-electron chi connectivity index (χ0n) is 11.5. The number of hydrogen-bond donors (Lipinski definition) is 1. The van der Waals surface area contributed by atoms with Gasteiger partial charge in [0, 0.05) is 0 Å². The van der Waals surface area contributed by atoms with Crippen LogP contribution in [0.25, 0.3) is 0 Å². The smallest absolute Gasteiger partial charge is 0.171 e. The van der Waals surface area contributed by atoms with E-state index >= 15 is 0 Å². The number of aromatic hydroxyl groups is 1. The van der Waals surface area contributed by atoms with Crippen LogP contribution >= 0.6 is 0 Å². The van der Waals surface area contributed by atoms with Gasteiger partial charge in [0.2, 0.25) is 0 Å². The molecule has 0 saturated heterocycles. The fourth-order valence-electron chi connectivity index (χ4n) is 1.91. The van der Waals surface area contributed by atoms with Crippen molar-refractivity contribution in [1.82, 2.24) is 0 Å². The molecule has 1 rings (SSSR count). The highest BCUT2D eigenvalue weighted by Gasteiger charge is 2.16. The number of hydrogen-bond acceptors (Lipinski definition) is 2. The highest BCUT2D eigenvalue weighted by atomic mass is 28.3. The van der Waals surface area contributed by atoms with Gasteiger partial charge in [-0.15, -0.1) is 0 Å². The number of phenols is 1. The second kappa shape index (κ2) is 6.22. The van der Waals surface area contributed by atoms with Crippen molar-refractivity contribution in [1.29, 1.82) is 0 Å². The van der Waals surface area contributed by atoms with Crippen LogP contribution in [0.1, 0.15) is 37.5 Å². The molecule has 0 aliphatic rings. The van der Waals surface area contributed by atoms with E-state index in [0.29, 0.717) is 11.7 Å². The monoisotopic (exact) mass is 252 g/mol.